The minimum absolute atomic E-state index is 0.283. The highest BCUT2D eigenvalue weighted by atomic mass is 16.5. The summed E-state index contributed by atoms with van der Waals surface area (Å²) >= 11 is 0. The van der Waals surface area contributed by atoms with E-state index in [1.165, 1.54) is 6.39 Å². The summed E-state index contributed by atoms with van der Waals surface area (Å²) in [6.07, 6.45) is 1.70. The summed E-state index contributed by atoms with van der Waals surface area (Å²) in [6, 6.07) is 0. The Morgan fingerprint density at radius 3 is 3.30 bits per heavy atom. The van der Waals surface area contributed by atoms with Crippen LogP contribution in [-0.2, 0) is 16.0 Å². The molecule has 1 rings (SSSR count). The van der Waals surface area contributed by atoms with E-state index < -0.39 is 0 Å². The van der Waals surface area contributed by atoms with Crippen LogP contribution < -0.4 is 0 Å². The fourth-order valence-corrected chi connectivity index (χ4v) is 0.499. The first-order valence-electron chi connectivity index (χ1n) is 2.74. The first-order valence-corrected chi connectivity index (χ1v) is 2.74. The molecular formula is C5H6N2O3. The van der Waals surface area contributed by atoms with Crippen molar-refractivity contribution >= 4 is 6.47 Å². The van der Waals surface area contributed by atoms with E-state index in [9.17, 15) is 4.79 Å². The highest BCUT2D eigenvalue weighted by Crippen LogP contribution is 1.91. The van der Waals surface area contributed by atoms with E-state index in [4.69, 9.17) is 4.42 Å². The van der Waals surface area contributed by atoms with Crippen LogP contribution in [0.5, 0.6) is 0 Å². The molecule has 0 aliphatic rings. The quantitative estimate of drug-likeness (QED) is 0.429. The summed E-state index contributed by atoms with van der Waals surface area (Å²) in [4.78, 5) is 9.64. The van der Waals surface area contributed by atoms with E-state index in [1.54, 1.807) is 0 Å². The number of rotatable bonds is 4. The lowest BCUT2D eigenvalue weighted by atomic mass is 10.5. The summed E-state index contributed by atoms with van der Waals surface area (Å²) in [5.41, 5.74) is 0. The van der Waals surface area contributed by atoms with Gasteiger partial charge in [-0.05, 0) is 0 Å². The predicted molar refractivity (Wildman–Crippen MR) is 30.0 cm³/mol. The summed E-state index contributed by atoms with van der Waals surface area (Å²) in [7, 11) is 0. The van der Waals surface area contributed by atoms with E-state index in [0.29, 0.717) is 18.8 Å². The number of nitrogens with zero attached hydrogens (tertiary/aromatic N) is 2. The van der Waals surface area contributed by atoms with Crippen LogP contribution in [0.3, 0.4) is 0 Å². The average molecular weight is 142 g/mol. The Hall–Kier alpha value is -1.39. The van der Waals surface area contributed by atoms with Gasteiger partial charge in [0.25, 0.3) is 6.47 Å². The molecule has 54 valence electrons. The first kappa shape index (κ1) is 6.73. The van der Waals surface area contributed by atoms with Gasteiger partial charge in [-0.15, -0.1) is 10.2 Å². The number of carbonyl (C=O) groups excluding carboxylic acids is 1. The van der Waals surface area contributed by atoms with E-state index in [2.05, 4.69) is 14.9 Å². The zero-order chi connectivity index (χ0) is 7.23. The van der Waals surface area contributed by atoms with Crippen molar-refractivity contribution in [1.82, 2.24) is 10.2 Å². The third kappa shape index (κ3) is 1.85. The molecule has 0 unspecified atom stereocenters. The monoisotopic (exact) mass is 142 g/mol. The molecule has 0 atom stereocenters. The van der Waals surface area contributed by atoms with Gasteiger partial charge in [0.05, 0.1) is 13.0 Å². The fraction of sp³-hybridized carbons (Fsp3) is 0.400. The third-order valence-electron chi connectivity index (χ3n) is 0.907. The van der Waals surface area contributed by atoms with Crippen molar-refractivity contribution < 1.29 is 13.9 Å². The number of hydrogen-bond donors (Lipinski definition) is 0. The summed E-state index contributed by atoms with van der Waals surface area (Å²) < 4.78 is 9.16. The van der Waals surface area contributed by atoms with Crippen LogP contribution in [0.2, 0.25) is 0 Å². The third-order valence-corrected chi connectivity index (χ3v) is 0.907. The van der Waals surface area contributed by atoms with Crippen molar-refractivity contribution in [3.63, 3.8) is 0 Å². The van der Waals surface area contributed by atoms with E-state index in [0.717, 1.165) is 0 Å². The van der Waals surface area contributed by atoms with E-state index >= 15 is 0 Å². The van der Waals surface area contributed by atoms with Gasteiger partial charge < -0.3 is 9.15 Å². The second-order valence-corrected chi connectivity index (χ2v) is 1.55. The van der Waals surface area contributed by atoms with Gasteiger partial charge in [0.2, 0.25) is 12.3 Å². The lowest BCUT2D eigenvalue weighted by Crippen LogP contribution is -1.96. The van der Waals surface area contributed by atoms with Gasteiger partial charge in [-0.3, -0.25) is 4.79 Å². The van der Waals surface area contributed by atoms with Crippen LogP contribution in [0.25, 0.3) is 0 Å². The molecule has 0 aliphatic carbocycles. The Kier molecular flexibility index (Phi) is 2.42. The summed E-state index contributed by atoms with van der Waals surface area (Å²) in [6.45, 7) is 0.669. The molecule has 10 heavy (non-hydrogen) atoms. The number of ether oxygens (including phenoxy) is 1. The molecule has 0 saturated carbocycles. The molecule has 1 heterocycles. The molecule has 0 saturated heterocycles. The van der Waals surface area contributed by atoms with Gasteiger partial charge >= 0.3 is 0 Å². The molecule has 5 nitrogen and oxygen atoms in total. The van der Waals surface area contributed by atoms with Crippen LogP contribution in [0.1, 0.15) is 5.89 Å². The zero-order valence-electron chi connectivity index (χ0n) is 5.19. The maximum Gasteiger partial charge on any atom is 0.293 e. The largest absolute Gasteiger partial charge is 0.467 e. The molecule has 0 amide bonds. The normalized spacial score (nSPS) is 9.20. The van der Waals surface area contributed by atoms with Gasteiger partial charge in [0, 0.05) is 0 Å². The average Bonchev–Trinajstić information content (AvgIpc) is 2.41. The van der Waals surface area contributed by atoms with Crippen LogP contribution in [0, 0.1) is 0 Å². The number of hydrogen-bond acceptors (Lipinski definition) is 5. The highest BCUT2D eigenvalue weighted by molar-refractivity contribution is 5.36. The minimum atomic E-state index is 0.283. The van der Waals surface area contributed by atoms with E-state index in [1.807, 2.05) is 0 Å². The Morgan fingerprint density at radius 1 is 1.80 bits per heavy atom. The molecule has 0 aliphatic heterocycles. The molecule has 0 radical (unpaired) electrons. The summed E-state index contributed by atoms with van der Waals surface area (Å²) in [5, 5.41) is 7.02. The van der Waals surface area contributed by atoms with Gasteiger partial charge in [-0.1, -0.05) is 0 Å². The van der Waals surface area contributed by atoms with E-state index in [-0.39, 0.29) is 6.61 Å². The van der Waals surface area contributed by atoms with Crippen LogP contribution >= 0.6 is 0 Å². The first-order chi connectivity index (χ1) is 4.93. The van der Waals surface area contributed by atoms with Crippen molar-refractivity contribution in [3.05, 3.63) is 12.3 Å². The summed E-state index contributed by atoms with van der Waals surface area (Å²) in [5.74, 6) is 0.474. The van der Waals surface area contributed by atoms with Crippen molar-refractivity contribution in [2.45, 2.75) is 6.42 Å². The van der Waals surface area contributed by atoms with Gasteiger partial charge in [-0.2, -0.15) is 0 Å². The van der Waals surface area contributed by atoms with Crippen LogP contribution in [-0.4, -0.2) is 23.3 Å². The molecule has 5 heteroatoms. The SMILES string of the molecule is O=COCCc1nnco1. The van der Waals surface area contributed by atoms with Crippen LogP contribution in [0.4, 0.5) is 0 Å². The lowest BCUT2D eigenvalue weighted by molar-refractivity contribution is -0.128. The lowest BCUT2D eigenvalue weighted by Gasteiger charge is -1.90. The molecule has 0 spiro atoms. The fourth-order valence-electron chi connectivity index (χ4n) is 0.499. The Bertz CT molecular complexity index is 185. The number of carbonyl (C=O) groups is 1. The van der Waals surface area contributed by atoms with Crippen LogP contribution in [0.15, 0.2) is 10.8 Å². The topological polar surface area (TPSA) is 65.2 Å². The van der Waals surface area contributed by atoms with Gasteiger partial charge in [0.15, 0.2) is 0 Å². The molecule has 1 aromatic rings. The smallest absolute Gasteiger partial charge is 0.293 e. The second-order valence-electron chi connectivity index (χ2n) is 1.55. The van der Waals surface area contributed by atoms with Crippen molar-refractivity contribution in [1.29, 1.82) is 0 Å². The van der Waals surface area contributed by atoms with Crippen molar-refractivity contribution in [3.8, 4) is 0 Å². The van der Waals surface area contributed by atoms with Crippen molar-refractivity contribution in [2.24, 2.45) is 0 Å². The van der Waals surface area contributed by atoms with Gasteiger partial charge in [-0.25, -0.2) is 0 Å². The van der Waals surface area contributed by atoms with Gasteiger partial charge in [0.1, 0.15) is 0 Å². The molecule has 0 bridgehead atoms. The molecule has 1 aromatic heterocycles. The zero-order valence-corrected chi connectivity index (χ0v) is 5.19. The Balaban J connectivity index is 2.21. The minimum Gasteiger partial charge on any atom is -0.467 e. The maximum absolute atomic E-state index is 9.64. The Morgan fingerprint density at radius 2 is 2.70 bits per heavy atom. The number of aromatic nitrogens is 2. The molecule has 0 N–H and O–H groups in total. The Labute approximate surface area is 57.0 Å². The highest BCUT2D eigenvalue weighted by Gasteiger charge is 1.96. The predicted octanol–water partition coefficient (Wildman–Crippen LogP) is -0.215. The molecule has 0 aromatic carbocycles. The van der Waals surface area contributed by atoms with Crippen molar-refractivity contribution in [2.75, 3.05) is 6.61 Å². The molecular weight excluding hydrogens is 136 g/mol. The standard InChI is InChI=1S/C5H6N2O3/c8-4-9-2-1-5-7-6-3-10-5/h3-4H,1-2H2. The second kappa shape index (κ2) is 3.60. The molecule has 0 fully saturated rings. The maximum atomic E-state index is 9.64.